The highest BCUT2D eigenvalue weighted by Gasteiger charge is 2.52. The SMILES string of the molecule is c1ccc(-c2ccc3oc4c(-c5ccccc5)nc(-c5cccc6oc7ccc(-c8cccc9c8-c8ccccc8C98c9ccccc9-c9ccccc98)cc7c56)nc4c3c2)cc1. The molecule has 0 bridgehead atoms. The normalized spacial score (nSPS) is 13.2. The Kier molecular flexibility index (Phi) is 7.01. The van der Waals surface area contributed by atoms with Crippen molar-refractivity contribution in [2.45, 2.75) is 5.41 Å². The van der Waals surface area contributed by atoms with Gasteiger partial charge in [-0.2, -0.15) is 0 Å². The van der Waals surface area contributed by atoms with Crippen LogP contribution >= 0.6 is 0 Å². The average Bonchev–Trinajstić information content (AvgIpc) is 4.09. The number of furan rings is 2. The number of hydrogen-bond donors (Lipinski definition) is 0. The van der Waals surface area contributed by atoms with E-state index in [4.69, 9.17) is 18.8 Å². The van der Waals surface area contributed by atoms with Gasteiger partial charge in [0.2, 0.25) is 0 Å². The smallest absolute Gasteiger partial charge is 0.180 e. The van der Waals surface area contributed by atoms with Crippen LogP contribution in [-0.4, -0.2) is 9.97 Å². The van der Waals surface area contributed by atoms with Crippen molar-refractivity contribution in [3.8, 4) is 67.2 Å². The van der Waals surface area contributed by atoms with Crippen LogP contribution in [0.3, 0.4) is 0 Å². The highest BCUT2D eigenvalue weighted by atomic mass is 16.3. The fraction of sp³-hybridized carbons (Fsp3) is 0.0169. The molecule has 3 aromatic heterocycles. The first-order valence-electron chi connectivity index (χ1n) is 21.5. The maximum atomic E-state index is 6.66. The van der Waals surface area contributed by atoms with Gasteiger partial charge in [-0.3, -0.25) is 0 Å². The summed E-state index contributed by atoms with van der Waals surface area (Å²) in [7, 11) is 0. The van der Waals surface area contributed by atoms with Crippen LogP contribution in [0.5, 0.6) is 0 Å². The van der Waals surface area contributed by atoms with Crippen molar-refractivity contribution in [2.24, 2.45) is 0 Å². The van der Waals surface area contributed by atoms with Crippen molar-refractivity contribution >= 4 is 44.0 Å². The lowest BCUT2D eigenvalue weighted by atomic mass is 9.70. The molecular formula is C59H34N2O2. The van der Waals surface area contributed by atoms with Crippen molar-refractivity contribution in [2.75, 3.05) is 0 Å². The molecule has 63 heavy (non-hydrogen) atoms. The summed E-state index contributed by atoms with van der Waals surface area (Å²) < 4.78 is 13.3. The molecule has 0 atom stereocenters. The van der Waals surface area contributed by atoms with Gasteiger partial charge in [0.05, 0.1) is 5.41 Å². The van der Waals surface area contributed by atoms with Gasteiger partial charge in [-0.25, -0.2) is 9.97 Å². The van der Waals surface area contributed by atoms with Gasteiger partial charge in [0.15, 0.2) is 11.4 Å². The molecule has 0 N–H and O–H groups in total. The molecule has 3 heterocycles. The molecule has 12 aromatic rings. The molecule has 0 saturated heterocycles. The Morgan fingerprint density at radius 1 is 0.349 bits per heavy atom. The third kappa shape index (κ3) is 4.69. The Hall–Kier alpha value is -8.34. The van der Waals surface area contributed by atoms with Crippen molar-refractivity contribution < 1.29 is 8.83 Å². The molecule has 0 unspecified atom stereocenters. The zero-order valence-corrected chi connectivity index (χ0v) is 33.8. The van der Waals surface area contributed by atoms with Gasteiger partial charge in [-0.15, -0.1) is 0 Å². The predicted octanol–water partition coefficient (Wildman–Crippen LogP) is 15.3. The number of benzene rings is 9. The summed E-state index contributed by atoms with van der Waals surface area (Å²) in [5.41, 5.74) is 21.0. The average molecular weight is 803 g/mol. The number of hydrogen-bond acceptors (Lipinski definition) is 4. The monoisotopic (exact) mass is 802 g/mol. The van der Waals surface area contributed by atoms with Crippen LogP contribution in [0.25, 0.3) is 111 Å². The van der Waals surface area contributed by atoms with E-state index in [1.54, 1.807) is 0 Å². The minimum atomic E-state index is -0.416. The maximum Gasteiger partial charge on any atom is 0.180 e. The highest BCUT2D eigenvalue weighted by molar-refractivity contribution is 6.15. The van der Waals surface area contributed by atoms with E-state index < -0.39 is 5.41 Å². The standard InChI is InChI=1S/C59H34N2O2/c1-3-15-35(16-4-1)37-29-31-51-45(33-37)56-57(63-51)55(36-17-5-2-6-18-36)60-58(61-56)43-23-14-28-52-54(43)44-34-38(30-32-50(44)62-52)39-22-13-27-49-53(39)42-21-9-12-26-48(42)59(49)46-24-10-7-19-40(46)41-20-8-11-25-47(41)59/h1-34H. The quantitative estimate of drug-likeness (QED) is 0.178. The van der Waals surface area contributed by atoms with Gasteiger partial charge in [0.25, 0.3) is 0 Å². The fourth-order valence-electron chi connectivity index (χ4n) is 10.9. The van der Waals surface area contributed by atoms with Crippen LogP contribution < -0.4 is 0 Å². The molecule has 2 aliphatic rings. The van der Waals surface area contributed by atoms with E-state index in [0.717, 1.165) is 71.9 Å². The molecule has 14 rings (SSSR count). The first kappa shape index (κ1) is 34.4. The van der Waals surface area contributed by atoms with Gasteiger partial charge in [-0.1, -0.05) is 176 Å². The van der Waals surface area contributed by atoms with E-state index >= 15 is 0 Å². The molecule has 4 heteroatoms. The number of aromatic nitrogens is 2. The van der Waals surface area contributed by atoms with Gasteiger partial charge >= 0.3 is 0 Å². The second-order valence-electron chi connectivity index (χ2n) is 16.7. The van der Waals surface area contributed by atoms with Gasteiger partial charge in [-0.05, 0) is 97.1 Å². The van der Waals surface area contributed by atoms with Crippen molar-refractivity contribution in [1.82, 2.24) is 9.97 Å². The van der Waals surface area contributed by atoms with Crippen molar-refractivity contribution in [1.29, 1.82) is 0 Å². The summed E-state index contributed by atoms with van der Waals surface area (Å²) >= 11 is 0. The first-order chi connectivity index (χ1) is 31.2. The van der Waals surface area contributed by atoms with E-state index in [1.807, 2.05) is 42.5 Å². The summed E-state index contributed by atoms with van der Waals surface area (Å²) in [5, 5.41) is 2.94. The summed E-state index contributed by atoms with van der Waals surface area (Å²) in [6, 6.07) is 73.7. The molecule has 0 saturated carbocycles. The molecule has 0 radical (unpaired) electrons. The van der Waals surface area contributed by atoms with Crippen LogP contribution in [0.4, 0.5) is 0 Å². The van der Waals surface area contributed by atoms with Crippen LogP contribution in [0.2, 0.25) is 0 Å². The lowest BCUT2D eigenvalue weighted by molar-refractivity contribution is 0.667. The first-order valence-corrected chi connectivity index (χ1v) is 21.5. The van der Waals surface area contributed by atoms with E-state index in [0.29, 0.717) is 11.4 Å². The molecule has 9 aromatic carbocycles. The zero-order chi connectivity index (χ0) is 41.2. The lowest BCUT2D eigenvalue weighted by Crippen LogP contribution is -2.25. The lowest BCUT2D eigenvalue weighted by Gasteiger charge is -2.30. The topological polar surface area (TPSA) is 52.1 Å². The molecule has 0 amide bonds. The summed E-state index contributed by atoms with van der Waals surface area (Å²) in [5.74, 6) is 0.614. The molecule has 0 fully saturated rings. The second kappa shape index (κ2) is 12.8. The molecular weight excluding hydrogens is 769 g/mol. The summed E-state index contributed by atoms with van der Waals surface area (Å²) in [6.07, 6.45) is 0. The molecule has 0 aliphatic heterocycles. The minimum Gasteiger partial charge on any atom is -0.456 e. The number of fused-ring (bicyclic) bond motifs is 16. The number of rotatable bonds is 4. The minimum absolute atomic E-state index is 0.416. The van der Waals surface area contributed by atoms with Crippen LogP contribution in [0, 0.1) is 0 Å². The predicted molar refractivity (Wildman–Crippen MR) is 255 cm³/mol. The second-order valence-corrected chi connectivity index (χ2v) is 16.7. The highest BCUT2D eigenvalue weighted by Crippen LogP contribution is 2.64. The van der Waals surface area contributed by atoms with Gasteiger partial charge in [0.1, 0.15) is 28.0 Å². The molecule has 1 spiro atoms. The van der Waals surface area contributed by atoms with E-state index in [1.165, 1.54) is 50.1 Å². The van der Waals surface area contributed by atoms with Gasteiger partial charge in [0, 0.05) is 27.3 Å². The third-order valence-corrected chi connectivity index (χ3v) is 13.5. The Morgan fingerprint density at radius 2 is 0.905 bits per heavy atom. The Bertz CT molecular complexity index is 3810. The third-order valence-electron chi connectivity index (χ3n) is 13.5. The van der Waals surface area contributed by atoms with Gasteiger partial charge < -0.3 is 8.83 Å². The largest absolute Gasteiger partial charge is 0.456 e. The number of nitrogens with zero attached hydrogens (tertiary/aromatic N) is 2. The van der Waals surface area contributed by atoms with Crippen LogP contribution in [0.15, 0.2) is 215 Å². The van der Waals surface area contributed by atoms with Crippen molar-refractivity contribution in [3.05, 3.63) is 229 Å². The van der Waals surface area contributed by atoms with Crippen LogP contribution in [0.1, 0.15) is 22.3 Å². The van der Waals surface area contributed by atoms with E-state index in [9.17, 15) is 0 Å². The summed E-state index contributed by atoms with van der Waals surface area (Å²) in [4.78, 5) is 10.7. The maximum absolute atomic E-state index is 6.66. The van der Waals surface area contributed by atoms with Crippen molar-refractivity contribution in [3.63, 3.8) is 0 Å². The van der Waals surface area contributed by atoms with Crippen LogP contribution in [-0.2, 0) is 5.41 Å². The molecule has 4 nitrogen and oxygen atoms in total. The zero-order valence-electron chi connectivity index (χ0n) is 33.8. The molecule has 292 valence electrons. The Labute approximate surface area is 362 Å². The Morgan fingerprint density at radius 3 is 1.65 bits per heavy atom. The fourth-order valence-corrected chi connectivity index (χ4v) is 10.9. The van der Waals surface area contributed by atoms with E-state index in [2.05, 4.69) is 164 Å². The Balaban J connectivity index is 0.999. The summed E-state index contributed by atoms with van der Waals surface area (Å²) in [6.45, 7) is 0. The van der Waals surface area contributed by atoms with E-state index in [-0.39, 0.29) is 0 Å². The molecule has 2 aliphatic carbocycles.